The number of nitrogens with zero attached hydrogens (tertiary/aromatic N) is 2. The maximum atomic E-state index is 14.2. The molecular weight excluding hydrogens is 538 g/mol. The summed E-state index contributed by atoms with van der Waals surface area (Å²) in [6.45, 7) is 8.99. The first-order chi connectivity index (χ1) is 19.2. The summed E-state index contributed by atoms with van der Waals surface area (Å²) in [5.74, 6) is -0.208. The lowest BCUT2D eigenvalue weighted by molar-refractivity contribution is -0.140. The van der Waals surface area contributed by atoms with Crippen molar-refractivity contribution in [3.8, 4) is 5.75 Å². The third-order valence-electron chi connectivity index (χ3n) is 6.56. The first-order valence-corrected chi connectivity index (χ1v) is 15.4. The maximum absolute atomic E-state index is 14.2. The Labute approximate surface area is 244 Å². The minimum Gasteiger partial charge on any atom is -0.497 e. The van der Waals surface area contributed by atoms with E-state index in [0.717, 1.165) is 32.8 Å². The van der Waals surface area contributed by atoms with E-state index >= 15 is 0 Å². The van der Waals surface area contributed by atoms with E-state index in [4.69, 9.17) is 4.74 Å². The van der Waals surface area contributed by atoms with E-state index in [1.165, 1.54) is 4.90 Å². The molecule has 3 aromatic carbocycles. The van der Waals surface area contributed by atoms with Crippen LogP contribution in [0.5, 0.6) is 5.75 Å². The first kappa shape index (κ1) is 31.7. The van der Waals surface area contributed by atoms with Crippen LogP contribution in [0, 0.1) is 13.8 Å². The number of carbonyl (C=O) groups is 2. The molecule has 0 aliphatic rings. The first-order valence-electron chi connectivity index (χ1n) is 13.5. The molecule has 0 spiro atoms. The molecule has 2 amide bonds. The van der Waals surface area contributed by atoms with Crippen LogP contribution in [0.4, 0.5) is 5.69 Å². The van der Waals surface area contributed by atoms with Crippen molar-refractivity contribution in [2.24, 2.45) is 0 Å². The summed E-state index contributed by atoms with van der Waals surface area (Å²) >= 11 is 0. The van der Waals surface area contributed by atoms with Crippen LogP contribution in [0.3, 0.4) is 0 Å². The molecule has 0 aliphatic heterocycles. The van der Waals surface area contributed by atoms with Crippen LogP contribution in [0.15, 0.2) is 72.8 Å². The molecule has 0 saturated carbocycles. The fourth-order valence-electron chi connectivity index (χ4n) is 4.65. The van der Waals surface area contributed by atoms with Crippen molar-refractivity contribution in [1.82, 2.24) is 10.2 Å². The summed E-state index contributed by atoms with van der Waals surface area (Å²) < 4.78 is 32.5. The van der Waals surface area contributed by atoms with Gasteiger partial charge in [0.15, 0.2) is 0 Å². The number of nitrogens with one attached hydrogen (secondary N) is 1. The predicted octanol–water partition coefficient (Wildman–Crippen LogP) is 4.63. The fraction of sp³-hybridized carbons (Fsp3) is 0.375. The molecule has 0 bridgehead atoms. The lowest BCUT2D eigenvalue weighted by atomic mass is 10.0. The fourth-order valence-corrected chi connectivity index (χ4v) is 5.56. The number of rotatable bonds is 11. The van der Waals surface area contributed by atoms with Gasteiger partial charge in [0.25, 0.3) is 0 Å². The number of methoxy groups -OCH3 is 1. The van der Waals surface area contributed by atoms with Crippen LogP contribution in [0.2, 0.25) is 0 Å². The van der Waals surface area contributed by atoms with E-state index < -0.39 is 34.1 Å². The summed E-state index contributed by atoms with van der Waals surface area (Å²) in [4.78, 5) is 29.5. The Balaban J connectivity index is 2.11. The van der Waals surface area contributed by atoms with Crippen LogP contribution >= 0.6 is 0 Å². The highest BCUT2D eigenvalue weighted by Gasteiger charge is 2.34. The number of carbonyl (C=O) groups excluding carboxylic acids is 2. The van der Waals surface area contributed by atoms with Gasteiger partial charge in [0, 0.05) is 18.5 Å². The van der Waals surface area contributed by atoms with Crippen molar-refractivity contribution in [2.45, 2.75) is 59.2 Å². The highest BCUT2D eigenvalue weighted by atomic mass is 32.2. The van der Waals surface area contributed by atoms with Crippen molar-refractivity contribution in [3.05, 3.63) is 95.1 Å². The zero-order chi connectivity index (χ0) is 30.4. The number of aryl methyl sites for hydroxylation is 2. The zero-order valence-corrected chi connectivity index (χ0v) is 25.8. The second-order valence-corrected chi connectivity index (χ2v) is 13.3. The van der Waals surface area contributed by atoms with Gasteiger partial charge in [-0.05, 0) is 69.5 Å². The molecule has 0 heterocycles. The molecule has 41 heavy (non-hydrogen) atoms. The number of benzene rings is 3. The van der Waals surface area contributed by atoms with Crippen molar-refractivity contribution in [2.75, 3.05) is 24.2 Å². The Morgan fingerprint density at radius 2 is 1.59 bits per heavy atom. The molecule has 3 rings (SSSR count). The minimum absolute atomic E-state index is 0.0789. The van der Waals surface area contributed by atoms with Gasteiger partial charge in [0.05, 0.1) is 19.1 Å². The molecule has 0 saturated heterocycles. The summed E-state index contributed by atoms with van der Waals surface area (Å²) in [7, 11) is -2.27. The number of sulfonamides is 1. The van der Waals surface area contributed by atoms with Crippen LogP contribution in [-0.2, 0) is 32.6 Å². The van der Waals surface area contributed by atoms with Crippen molar-refractivity contribution in [3.63, 3.8) is 0 Å². The second-order valence-electron chi connectivity index (χ2n) is 11.4. The number of amides is 2. The average molecular weight is 580 g/mol. The van der Waals surface area contributed by atoms with E-state index in [2.05, 4.69) is 5.32 Å². The molecule has 0 aromatic heterocycles. The van der Waals surface area contributed by atoms with Crippen LogP contribution in [0.25, 0.3) is 0 Å². The number of hydrogen-bond donors (Lipinski definition) is 1. The van der Waals surface area contributed by atoms with Gasteiger partial charge in [0.1, 0.15) is 18.3 Å². The Bertz CT molecular complexity index is 1470. The molecule has 1 N–H and O–H groups in total. The van der Waals surface area contributed by atoms with Crippen molar-refractivity contribution >= 4 is 27.5 Å². The zero-order valence-electron chi connectivity index (χ0n) is 25.0. The quantitative estimate of drug-likeness (QED) is 0.357. The highest BCUT2D eigenvalue weighted by molar-refractivity contribution is 7.92. The van der Waals surface area contributed by atoms with Gasteiger partial charge in [-0.2, -0.15) is 0 Å². The van der Waals surface area contributed by atoms with E-state index in [1.807, 2.05) is 89.2 Å². The normalized spacial score (nSPS) is 12.4. The Morgan fingerprint density at radius 1 is 0.927 bits per heavy atom. The predicted molar refractivity (Wildman–Crippen MR) is 163 cm³/mol. The maximum Gasteiger partial charge on any atom is 0.244 e. The molecule has 0 fully saturated rings. The van der Waals surface area contributed by atoms with Gasteiger partial charge < -0.3 is 15.0 Å². The molecule has 3 aromatic rings. The van der Waals surface area contributed by atoms with Gasteiger partial charge in [-0.3, -0.25) is 13.9 Å². The Morgan fingerprint density at radius 3 is 2.17 bits per heavy atom. The van der Waals surface area contributed by atoms with E-state index in [0.29, 0.717) is 11.4 Å². The van der Waals surface area contributed by atoms with E-state index in [9.17, 15) is 18.0 Å². The molecule has 8 nitrogen and oxygen atoms in total. The summed E-state index contributed by atoms with van der Waals surface area (Å²) in [5.41, 5.74) is 3.21. The third-order valence-corrected chi connectivity index (χ3v) is 7.68. The van der Waals surface area contributed by atoms with Crippen molar-refractivity contribution < 1.29 is 22.7 Å². The summed E-state index contributed by atoms with van der Waals surface area (Å²) in [6.07, 6.45) is 1.33. The monoisotopic (exact) mass is 579 g/mol. The lowest BCUT2D eigenvalue weighted by Crippen LogP contribution is -2.56. The van der Waals surface area contributed by atoms with Crippen LogP contribution < -0.4 is 14.4 Å². The molecule has 1 atom stereocenters. The lowest BCUT2D eigenvalue weighted by Gasteiger charge is -2.35. The van der Waals surface area contributed by atoms with Crippen LogP contribution in [0.1, 0.15) is 43.0 Å². The smallest absolute Gasteiger partial charge is 0.244 e. The minimum atomic E-state index is -3.83. The largest absolute Gasteiger partial charge is 0.497 e. The van der Waals surface area contributed by atoms with E-state index in [-0.39, 0.29) is 18.9 Å². The average Bonchev–Trinajstić information content (AvgIpc) is 2.88. The molecular formula is C32H41N3O5S. The second kappa shape index (κ2) is 13.2. The topological polar surface area (TPSA) is 96.0 Å². The summed E-state index contributed by atoms with van der Waals surface area (Å²) in [5, 5.41) is 3.02. The Kier molecular flexibility index (Phi) is 10.2. The summed E-state index contributed by atoms with van der Waals surface area (Å²) in [6, 6.07) is 21.2. The van der Waals surface area contributed by atoms with E-state index in [1.54, 1.807) is 25.3 Å². The molecule has 220 valence electrons. The van der Waals surface area contributed by atoms with Gasteiger partial charge in [0.2, 0.25) is 21.8 Å². The SMILES string of the molecule is COc1cccc(CN(C(=O)CN(c2ccc(C)cc2C)S(C)(=O)=O)C(Cc2ccccc2)C(=O)NC(C)(C)C)c1. The van der Waals surface area contributed by atoms with Gasteiger partial charge >= 0.3 is 0 Å². The van der Waals surface area contributed by atoms with Gasteiger partial charge in [-0.15, -0.1) is 0 Å². The third kappa shape index (κ3) is 9.08. The number of hydrogen-bond acceptors (Lipinski definition) is 5. The molecule has 9 heteroatoms. The number of ether oxygens (including phenoxy) is 1. The molecule has 0 radical (unpaired) electrons. The highest BCUT2D eigenvalue weighted by Crippen LogP contribution is 2.25. The van der Waals surface area contributed by atoms with Crippen molar-refractivity contribution in [1.29, 1.82) is 0 Å². The molecule has 1 unspecified atom stereocenters. The number of anilines is 1. The molecule has 0 aliphatic carbocycles. The standard InChI is InChI=1S/C32H41N3O5S/c1-23-16-17-28(24(2)18-23)35(41(7,38)39)22-30(36)34(21-26-14-11-15-27(19-26)40-6)29(31(37)33-32(3,4)5)20-25-12-9-8-10-13-25/h8-19,29H,20-22H2,1-7H3,(H,33,37). The van der Waals surface area contributed by atoms with Crippen LogP contribution in [-0.4, -0.2) is 56.6 Å². The van der Waals surface area contributed by atoms with Gasteiger partial charge in [-0.1, -0.05) is 60.2 Å². The van der Waals surface area contributed by atoms with Gasteiger partial charge in [-0.25, -0.2) is 8.42 Å². The Hall–Kier alpha value is -3.85.